The van der Waals surface area contributed by atoms with E-state index in [9.17, 15) is 4.39 Å². The molecule has 3 rings (SSSR count). The van der Waals surface area contributed by atoms with Crippen molar-refractivity contribution in [3.63, 3.8) is 0 Å². The number of aromatic nitrogens is 1. The first-order chi connectivity index (χ1) is 7.67. The molecule has 1 saturated heterocycles. The first kappa shape index (κ1) is 10.1. The van der Waals surface area contributed by atoms with Gasteiger partial charge >= 0.3 is 0 Å². The molecule has 1 atom stereocenters. The second kappa shape index (κ2) is 3.48. The van der Waals surface area contributed by atoms with Gasteiger partial charge in [0.15, 0.2) is 0 Å². The van der Waals surface area contributed by atoms with Crippen molar-refractivity contribution in [2.75, 3.05) is 13.2 Å². The first-order valence-corrected chi connectivity index (χ1v) is 5.92. The Labute approximate surface area is 96.0 Å². The molecule has 0 amide bonds. The van der Waals surface area contributed by atoms with Crippen LogP contribution in [0.1, 0.15) is 11.4 Å². The fraction of sp³-hybridized carbons (Fsp3) is 0.364. The molecule has 0 radical (unpaired) electrons. The molecule has 1 aromatic carbocycles. The van der Waals surface area contributed by atoms with Gasteiger partial charge in [-0.3, -0.25) is 0 Å². The van der Waals surface area contributed by atoms with Gasteiger partial charge in [-0.2, -0.15) is 0 Å². The highest BCUT2D eigenvalue weighted by Crippen LogP contribution is 2.33. The van der Waals surface area contributed by atoms with Gasteiger partial charge < -0.3 is 10.5 Å². The molecule has 2 N–H and O–H groups in total. The zero-order valence-corrected chi connectivity index (χ0v) is 9.39. The molecule has 0 bridgehead atoms. The van der Waals surface area contributed by atoms with Crippen molar-refractivity contribution in [1.82, 2.24) is 4.98 Å². The number of hydrogen-bond acceptors (Lipinski definition) is 4. The molecule has 1 aliphatic rings. The van der Waals surface area contributed by atoms with Gasteiger partial charge in [0.1, 0.15) is 10.8 Å². The SMILES string of the molecule is NC1(c2nc3ccc(F)cc3s2)CCOC1. The van der Waals surface area contributed by atoms with Crippen molar-refractivity contribution < 1.29 is 9.13 Å². The summed E-state index contributed by atoms with van der Waals surface area (Å²) < 4.78 is 19.2. The summed E-state index contributed by atoms with van der Waals surface area (Å²) in [7, 11) is 0. The number of thiazole rings is 1. The summed E-state index contributed by atoms with van der Waals surface area (Å²) in [6, 6.07) is 4.60. The summed E-state index contributed by atoms with van der Waals surface area (Å²) >= 11 is 1.45. The van der Waals surface area contributed by atoms with E-state index < -0.39 is 5.54 Å². The third kappa shape index (κ3) is 1.52. The van der Waals surface area contributed by atoms with Crippen LogP contribution in [0.2, 0.25) is 0 Å². The van der Waals surface area contributed by atoms with Gasteiger partial charge in [-0.15, -0.1) is 11.3 Å². The van der Waals surface area contributed by atoms with Crippen molar-refractivity contribution in [2.24, 2.45) is 5.73 Å². The summed E-state index contributed by atoms with van der Waals surface area (Å²) in [4.78, 5) is 4.45. The molecule has 16 heavy (non-hydrogen) atoms. The molecule has 0 spiro atoms. The van der Waals surface area contributed by atoms with Crippen molar-refractivity contribution in [3.8, 4) is 0 Å². The normalized spacial score (nSPS) is 25.4. The standard InChI is InChI=1S/C11H11FN2OS/c12-7-1-2-8-9(5-7)16-10(14-8)11(13)3-4-15-6-11/h1-2,5H,3-4,6,13H2. The lowest BCUT2D eigenvalue weighted by Crippen LogP contribution is -2.36. The lowest BCUT2D eigenvalue weighted by Gasteiger charge is -2.17. The fourth-order valence-electron chi connectivity index (χ4n) is 1.86. The number of nitrogens with zero attached hydrogens (tertiary/aromatic N) is 1. The molecule has 1 aromatic heterocycles. The minimum absolute atomic E-state index is 0.239. The number of benzene rings is 1. The quantitative estimate of drug-likeness (QED) is 0.826. The van der Waals surface area contributed by atoms with E-state index in [1.165, 1.54) is 23.5 Å². The number of rotatable bonds is 1. The van der Waals surface area contributed by atoms with Crippen LogP contribution in [0.5, 0.6) is 0 Å². The summed E-state index contributed by atoms with van der Waals surface area (Å²) in [5.41, 5.74) is 6.53. The Morgan fingerprint density at radius 3 is 3.12 bits per heavy atom. The van der Waals surface area contributed by atoms with E-state index in [0.717, 1.165) is 21.6 Å². The zero-order valence-electron chi connectivity index (χ0n) is 8.57. The molecule has 2 heterocycles. The van der Waals surface area contributed by atoms with Gasteiger partial charge in [0.05, 0.1) is 22.4 Å². The summed E-state index contributed by atoms with van der Waals surface area (Å²) in [5, 5.41) is 0.839. The van der Waals surface area contributed by atoms with E-state index in [0.29, 0.717) is 13.2 Å². The van der Waals surface area contributed by atoms with E-state index in [1.807, 2.05) is 0 Å². The van der Waals surface area contributed by atoms with Crippen LogP contribution in [0.25, 0.3) is 10.2 Å². The first-order valence-electron chi connectivity index (χ1n) is 5.11. The molecule has 3 nitrogen and oxygen atoms in total. The van der Waals surface area contributed by atoms with Crippen LogP contribution >= 0.6 is 11.3 Å². The van der Waals surface area contributed by atoms with Crippen LogP contribution in [0.15, 0.2) is 18.2 Å². The van der Waals surface area contributed by atoms with E-state index >= 15 is 0 Å². The molecule has 1 unspecified atom stereocenters. The summed E-state index contributed by atoms with van der Waals surface area (Å²) in [5.74, 6) is -0.239. The minimum Gasteiger partial charge on any atom is -0.379 e. The third-order valence-corrected chi connectivity index (χ3v) is 4.07. The second-order valence-corrected chi connectivity index (χ2v) is 5.12. The van der Waals surface area contributed by atoms with Gasteiger partial charge in [0, 0.05) is 6.61 Å². The molecule has 5 heteroatoms. The van der Waals surface area contributed by atoms with Crippen molar-refractivity contribution in [1.29, 1.82) is 0 Å². The maximum absolute atomic E-state index is 13.0. The van der Waals surface area contributed by atoms with E-state index in [2.05, 4.69) is 4.98 Å². The molecule has 2 aromatic rings. The molecule has 0 aliphatic carbocycles. The lowest BCUT2D eigenvalue weighted by molar-refractivity contribution is 0.178. The summed E-state index contributed by atoms with van der Waals surface area (Å²) in [6.07, 6.45) is 0.773. The van der Waals surface area contributed by atoms with Crippen LogP contribution in [-0.2, 0) is 10.3 Å². The van der Waals surface area contributed by atoms with Crippen molar-refractivity contribution >= 4 is 21.6 Å². The minimum atomic E-state index is -0.486. The van der Waals surface area contributed by atoms with Gasteiger partial charge in [-0.1, -0.05) is 0 Å². The van der Waals surface area contributed by atoms with Crippen LogP contribution in [0, 0.1) is 5.82 Å². The summed E-state index contributed by atoms with van der Waals surface area (Å²) in [6.45, 7) is 1.16. The Hall–Kier alpha value is -1.04. The number of halogens is 1. The highest BCUT2D eigenvalue weighted by Gasteiger charge is 2.35. The number of hydrogen-bond donors (Lipinski definition) is 1. The monoisotopic (exact) mass is 238 g/mol. The average molecular weight is 238 g/mol. The van der Waals surface area contributed by atoms with Crippen LogP contribution in [0.3, 0.4) is 0 Å². The van der Waals surface area contributed by atoms with Gasteiger partial charge in [0.25, 0.3) is 0 Å². The topological polar surface area (TPSA) is 48.1 Å². The Kier molecular flexibility index (Phi) is 2.20. The van der Waals surface area contributed by atoms with Gasteiger partial charge in [0.2, 0.25) is 0 Å². The van der Waals surface area contributed by atoms with Crippen molar-refractivity contribution in [2.45, 2.75) is 12.0 Å². The number of nitrogens with two attached hydrogens (primary N) is 1. The Morgan fingerprint density at radius 2 is 2.38 bits per heavy atom. The predicted molar refractivity (Wildman–Crippen MR) is 60.9 cm³/mol. The Morgan fingerprint density at radius 1 is 1.50 bits per heavy atom. The van der Waals surface area contributed by atoms with Gasteiger partial charge in [-0.05, 0) is 24.6 Å². The van der Waals surface area contributed by atoms with Crippen LogP contribution in [-0.4, -0.2) is 18.2 Å². The molecule has 0 saturated carbocycles. The van der Waals surface area contributed by atoms with Crippen LogP contribution < -0.4 is 5.73 Å². The zero-order chi connectivity index (χ0) is 11.2. The van der Waals surface area contributed by atoms with E-state index in [1.54, 1.807) is 6.07 Å². The number of ether oxygens (including phenoxy) is 1. The smallest absolute Gasteiger partial charge is 0.124 e. The third-order valence-electron chi connectivity index (χ3n) is 2.83. The highest BCUT2D eigenvalue weighted by atomic mass is 32.1. The predicted octanol–water partition coefficient (Wildman–Crippen LogP) is 2.01. The highest BCUT2D eigenvalue weighted by molar-refractivity contribution is 7.18. The van der Waals surface area contributed by atoms with E-state index in [-0.39, 0.29) is 5.82 Å². The van der Waals surface area contributed by atoms with Gasteiger partial charge in [-0.25, -0.2) is 9.37 Å². The maximum Gasteiger partial charge on any atom is 0.124 e. The van der Waals surface area contributed by atoms with Crippen molar-refractivity contribution in [3.05, 3.63) is 29.0 Å². The maximum atomic E-state index is 13.0. The average Bonchev–Trinajstić information content (AvgIpc) is 2.84. The Balaban J connectivity index is 2.11. The van der Waals surface area contributed by atoms with Crippen LogP contribution in [0.4, 0.5) is 4.39 Å². The Bertz CT molecular complexity index is 534. The molecule has 1 aliphatic heterocycles. The van der Waals surface area contributed by atoms with E-state index in [4.69, 9.17) is 10.5 Å². The fourth-order valence-corrected chi connectivity index (χ4v) is 2.97. The molecular weight excluding hydrogens is 227 g/mol. The number of fused-ring (bicyclic) bond motifs is 1. The largest absolute Gasteiger partial charge is 0.379 e. The lowest BCUT2D eigenvalue weighted by atomic mass is 10.0. The second-order valence-electron chi connectivity index (χ2n) is 4.09. The molecular formula is C11H11FN2OS. The molecule has 1 fully saturated rings. The molecule has 84 valence electrons.